The van der Waals surface area contributed by atoms with E-state index in [0.717, 1.165) is 56.4 Å². The highest BCUT2D eigenvalue weighted by atomic mass is 15.1. The molecule has 0 aliphatic rings. The van der Waals surface area contributed by atoms with Gasteiger partial charge in [0.1, 0.15) is 0 Å². The molecule has 0 spiro atoms. The lowest BCUT2D eigenvalue weighted by Gasteiger charge is -2.26. The van der Waals surface area contributed by atoms with Gasteiger partial charge in [-0.2, -0.15) is 0 Å². The molecular formula is C54H38N2. The van der Waals surface area contributed by atoms with Crippen molar-refractivity contribution in [3.63, 3.8) is 0 Å². The van der Waals surface area contributed by atoms with E-state index in [9.17, 15) is 0 Å². The molecule has 0 unspecified atom stereocenters. The van der Waals surface area contributed by atoms with E-state index in [4.69, 9.17) is 0 Å². The van der Waals surface area contributed by atoms with Gasteiger partial charge in [-0.15, -0.1) is 0 Å². The maximum absolute atomic E-state index is 3.39. The third-order valence-electron chi connectivity index (χ3n) is 10.1. The fraction of sp³-hybridized carbons (Fsp3) is 0. The smallest absolute Gasteiger partial charge is 0.0467 e. The first-order chi connectivity index (χ1) is 27.8. The van der Waals surface area contributed by atoms with Crippen molar-refractivity contribution in [2.45, 2.75) is 0 Å². The average molecular weight is 715 g/mol. The molecule has 0 bridgehead atoms. The van der Waals surface area contributed by atoms with Crippen LogP contribution in [0.2, 0.25) is 0 Å². The maximum Gasteiger partial charge on any atom is 0.0467 e. The van der Waals surface area contributed by atoms with Crippen LogP contribution in [-0.4, -0.2) is 0 Å². The van der Waals surface area contributed by atoms with E-state index in [1.54, 1.807) is 0 Å². The van der Waals surface area contributed by atoms with Crippen LogP contribution in [0.1, 0.15) is 0 Å². The van der Waals surface area contributed by atoms with Gasteiger partial charge in [-0.05, 0) is 124 Å². The predicted octanol–water partition coefficient (Wildman–Crippen LogP) is 14.9. The van der Waals surface area contributed by atoms with Crippen LogP contribution in [0.3, 0.4) is 0 Å². The lowest BCUT2D eigenvalue weighted by atomic mass is 9.99. The highest BCUT2D eigenvalue weighted by Crippen LogP contribution is 2.39. The van der Waals surface area contributed by atoms with Crippen LogP contribution in [0.5, 0.6) is 0 Å². The summed E-state index contributed by atoms with van der Waals surface area (Å²) < 4.78 is 0. The Morgan fingerprint density at radius 3 is 1.09 bits per heavy atom. The largest absolute Gasteiger partial charge is 0.311 e. The predicted molar refractivity (Wildman–Crippen MR) is 235 cm³/mol. The van der Waals surface area contributed by atoms with E-state index in [1.165, 1.54) is 22.3 Å². The van der Waals surface area contributed by atoms with Crippen molar-refractivity contribution in [2.24, 2.45) is 0 Å². The van der Waals surface area contributed by atoms with Gasteiger partial charge in [-0.3, -0.25) is 0 Å². The number of hydrogen-bond acceptors (Lipinski definition) is 2. The summed E-state index contributed by atoms with van der Waals surface area (Å²) in [7, 11) is 0. The second kappa shape index (κ2) is 15.8. The second-order valence-electron chi connectivity index (χ2n) is 13.7. The van der Waals surface area contributed by atoms with Crippen molar-refractivity contribution in [2.75, 3.05) is 9.80 Å². The molecule has 0 fully saturated rings. The van der Waals surface area contributed by atoms with Crippen LogP contribution in [0.4, 0.5) is 34.1 Å². The van der Waals surface area contributed by atoms with Crippen molar-refractivity contribution in [3.8, 4) is 44.5 Å². The molecule has 2 heteroatoms. The van der Waals surface area contributed by atoms with Crippen LogP contribution in [0.25, 0.3) is 44.5 Å². The molecule has 9 aromatic carbocycles. The Bertz CT molecular complexity index is 2640. The summed E-state index contributed by atoms with van der Waals surface area (Å²) in [4.78, 5) is 4.61. The standard InChI is InChI=1S/C54H38N2/c1-5-15-41(16-6-1)43-27-33-51(34-28-43)55(49-22-9-3-10-23-49)52-37-31-45(32-38-52)46-19-13-20-47(39-46)48-21-14-26-54(40-48)56(50-24-11-4-12-25-50)53-35-29-44(30-36-53)42-17-7-2-8-18-42/h1-12,14-18,20-40H. The summed E-state index contributed by atoms with van der Waals surface area (Å²) >= 11 is 0. The molecular weight excluding hydrogens is 677 g/mol. The Kier molecular flexibility index (Phi) is 9.64. The first kappa shape index (κ1) is 34.2. The van der Waals surface area contributed by atoms with Gasteiger partial charge in [0, 0.05) is 39.7 Å². The fourth-order valence-electron chi connectivity index (χ4n) is 7.28. The minimum atomic E-state index is 0.995. The van der Waals surface area contributed by atoms with Gasteiger partial charge in [0.25, 0.3) is 0 Å². The van der Waals surface area contributed by atoms with E-state index < -0.39 is 0 Å². The van der Waals surface area contributed by atoms with Crippen LogP contribution >= 0.6 is 0 Å². The minimum absolute atomic E-state index is 0.995. The van der Waals surface area contributed by atoms with E-state index in [1.807, 2.05) is 6.07 Å². The van der Waals surface area contributed by atoms with Crippen molar-refractivity contribution in [1.29, 1.82) is 0 Å². The first-order valence-corrected chi connectivity index (χ1v) is 18.9. The molecule has 264 valence electrons. The Morgan fingerprint density at radius 1 is 0.250 bits per heavy atom. The Labute approximate surface area is 329 Å². The highest BCUT2D eigenvalue weighted by Gasteiger charge is 2.15. The average Bonchev–Trinajstić information content (AvgIpc) is 3.29. The van der Waals surface area contributed by atoms with Gasteiger partial charge in [0.05, 0.1) is 0 Å². The quantitative estimate of drug-likeness (QED) is 0.139. The number of anilines is 6. The topological polar surface area (TPSA) is 6.48 Å². The fourth-order valence-corrected chi connectivity index (χ4v) is 7.28. The van der Waals surface area contributed by atoms with E-state index in [-0.39, 0.29) is 0 Å². The number of hydrogen-bond donors (Lipinski definition) is 0. The lowest BCUT2D eigenvalue weighted by molar-refractivity contribution is 1.28. The molecule has 56 heavy (non-hydrogen) atoms. The van der Waals surface area contributed by atoms with Crippen molar-refractivity contribution >= 4 is 34.1 Å². The summed E-state index contributed by atoms with van der Waals surface area (Å²) in [5, 5.41) is 0. The van der Waals surface area contributed by atoms with E-state index >= 15 is 0 Å². The maximum atomic E-state index is 3.39. The Hall–Kier alpha value is -7.60. The molecule has 0 saturated carbocycles. The summed E-state index contributed by atoms with van der Waals surface area (Å²) in [6, 6.07) is 88.1. The summed E-state index contributed by atoms with van der Waals surface area (Å²) in [5.74, 6) is 0. The number of para-hydroxylation sites is 2. The summed E-state index contributed by atoms with van der Waals surface area (Å²) in [5.41, 5.74) is 15.6. The van der Waals surface area contributed by atoms with Crippen molar-refractivity contribution in [1.82, 2.24) is 0 Å². The SMILES string of the molecule is c1cc(-c2cccc(N(c3ccccc3)c3ccc(-c4ccccc4)cc3)c2)cc(-c2ccc(N(c3ccccc3)c3ccc(-c4ccccc4)cc3)cc2)c#1. The van der Waals surface area contributed by atoms with E-state index in [2.05, 4.69) is 246 Å². The summed E-state index contributed by atoms with van der Waals surface area (Å²) in [6.45, 7) is 0. The van der Waals surface area contributed by atoms with Crippen molar-refractivity contribution in [3.05, 3.63) is 243 Å². The number of benzene rings is 8. The Morgan fingerprint density at radius 2 is 0.607 bits per heavy atom. The minimum Gasteiger partial charge on any atom is -0.311 e. The number of rotatable bonds is 10. The molecule has 0 aliphatic carbocycles. The first-order valence-electron chi connectivity index (χ1n) is 18.9. The summed E-state index contributed by atoms with van der Waals surface area (Å²) in [6.07, 6.45) is 0. The van der Waals surface area contributed by atoms with E-state index in [0.29, 0.717) is 0 Å². The molecule has 0 atom stereocenters. The number of nitrogens with zero attached hydrogens (tertiary/aromatic N) is 2. The van der Waals surface area contributed by atoms with Crippen LogP contribution < -0.4 is 9.80 Å². The molecule has 0 heterocycles. The molecule has 0 radical (unpaired) electrons. The van der Waals surface area contributed by atoms with Crippen LogP contribution in [0, 0.1) is 12.1 Å². The van der Waals surface area contributed by atoms with Crippen LogP contribution in [-0.2, 0) is 0 Å². The van der Waals surface area contributed by atoms with Gasteiger partial charge in [0.15, 0.2) is 0 Å². The molecule has 0 aliphatic heterocycles. The lowest BCUT2D eigenvalue weighted by Crippen LogP contribution is -2.09. The third kappa shape index (κ3) is 7.31. The zero-order valence-electron chi connectivity index (χ0n) is 30.8. The molecule has 9 aromatic rings. The molecule has 0 amide bonds. The Balaban J connectivity index is 1.01. The monoisotopic (exact) mass is 714 g/mol. The van der Waals surface area contributed by atoms with Crippen LogP contribution in [0.15, 0.2) is 231 Å². The second-order valence-corrected chi connectivity index (χ2v) is 13.7. The molecule has 0 aromatic heterocycles. The molecule has 9 rings (SSSR count). The molecule has 0 saturated heterocycles. The van der Waals surface area contributed by atoms with Gasteiger partial charge < -0.3 is 9.80 Å². The third-order valence-corrected chi connectivity index (χ3v) is 10.1. The van der Waals surface area contributed by atoms with Gasteiger partial charge in [-0.25, -0.2) is 0 Å². The van der Waals surface area contributed by atoms with Gasteiger partial charge >= 0.3 is 0 Å². The van der Waals surface area contributed by atoms with Crippen molar-refractivity contribution < 1.29 is 0 Å². The van der Waals surface area contributed by atoms with Gasteiger partial charge in [0.2, 0.25) is 0 Å². The molecule has 0 N–H and O–H groups in total. The highest BCUT2D eigenvalue weighted by molar-refractivity contribution is 5.83. The molecule has 2 nitrogen and oxygen atoms in total. The van der Waals surface area contributed by atoms with Gasteiger partial charge in [-0.1, -0.05) is 158 Å². The zero-order chi connectivity index (χ0) is 37.5. The zero-order valence-corrected chi connectivity index (χ0v) is 30.8. The normalized spacial score (nSPS) is 10.7.